The number of fused-ring (bicyclic) bond motifs is 2. The van der Waals surface area contributed by atoms with Crippen molar-refractivity contribution >= 4 is 51.3 Å². The zero-order valence-corrected chi connectivity index (χ0v) is 30.7. The lowest BCUT2D eigenvalue weighted by Gasteiger charge is -2.37. The Hall–Kier alpha value is -6.22. The molecule has 2 aromatic carbocycles. The van der Waals surface area contributed by atoms with E-state index in [4.69, 9.17) is 11.5 Å². The van der Waals surface area contributed by atoms with Gasteiger partial charge in [-0.25, -0.2) is 0 Å². The normalized spacial score (nSPS) is 13.5. The first-order valence-corrected chi connectivity index (χ1v) is 17.5. The maximum Gasteiger partial charge on any atom is 0.243 e. The largest absolute Gasteiger partial charge is 0.508 e. The molecule has 15 heteroatoms. The molecule has 11 N–H and O–H groups in total. The Kier molecular flexibility index (Phi) is 11.7. The number of carbonyl (C=O) groups excluding carboxylic acids is 5. The number of primary amides is 1. The van der Waals surface area contributed by atoms with Gasteiger partial charge in [0.25, 0.3) is 0 Å². The molecule has 15 nitrogen and oxygen atoms in total. The van der Waals surface area contributed by atoms with Gasteiger partial charge < -0.3 is 47.8 Å². The average molecular weight is 738 g/mol. The lowest BCUT2D eigenvalue weighted by atomic mass is 9.74. The number of amides is 5. The Labute approximate surface area is 312 Å². The molecule has 5 aromatic rings. The van der Waals surface area contributed by atoms with Gasteiger partial charge in [0.15, 0.2) is 0 Å². The molecule has 5 rings (SSSR count). The lowest BCUT2D eigenvalue weighted by molar-refractivity contribution is -0.136. The number of aromatic nitrogens is 3. The van der Waals surface area contributed by atoms with Crippen LogP contribution in [0.4, 0.5) is 0 Å². The Morgan fingerprint density at radius 2 is 1.39 bits per heavy atom. The van der Waals surface area contributed by atoms with E-state index in [2.05, 4.69) is 36.2 Å². The first-order chi connectivity index (χ1) is 25.5. The number of hydrogen-bond donors (Lipinski definition) is 9. The van der Waals surface area contributed by atoms with Gasteiger partial charge in [-0.15, -0.1) is 0 Å². The predicted molar refractivity (Wildman–Crippen MR) is 204 cm³/mol. The molecule has 0 unspecified atom stereocenters. The molecule has 0 aliphatic rings. The zero-order valence-electron chi connectivity index (χ0n) is 30.7. The van der Waals surface area contributed by atoms with Crippen LogP contribution in [0.5, 0.6) is 5.75 Å². The van der Waals surface area contributed by atoms with Crippen molar-refractivity contribution in [1.29, 1.82) is 0 Å². The number of H-pyrrole nitrogens is 2. The minimum absolute atomic E-state index is 0.0133. The Balaban J connectivity index is 1.31. The molecule has 0 aliphatic heterocycles. The molecule has 3 aromatic heterocycles. The van der Waals surface area contributed by atoms with Crippen LogP contribution >= 0.6 is 0 Å². The summed E-state index contributed by atoms with van der Waals surface area (Å²) in [5.74, 6) is -3.27. The van der Waals surface area contributed by atoms with Crippen LogP contribution in [0.25, 0.3) is 21.8 Å². The molecule has 0 spiro atoms. The average Bonchev–Trinajstić information content (AvgIpc) is 3.72. The smallest absolute Gasteiger partial charge is 0.243 e. The fourth-order valence-electron chi connectivity index (χ4n) is 5.88. The van der Waals surface area contributed by atoms with Gasteiger partial charge in [0.1, 0.15) is 23.9 Å². The van der Waals surface area contributed by atoms with Crippen LogP contribution in [0.3, 0.4) is 0 Å². The molecule has 54 heavy (non-hydrogen) atoms. The minimum atomic E-state index is -1.20. The van der Waals surface area contributed by atoms with Crippen LogP contribution in [-0.4, -0.2) is 79.8 Å². The predicted octanol–water partition coefficient (Wildman–Crippen LogP) is 1.60. The molecule has 0 fully saturated rings. The highest BCUT2D eigenvalue weighted by molar-refractivity contribution is 5.96. The van der Waals surface area contributed by atoms with E-state index in [9.17, 15) is 29.1 Å². The maximum absolute atomic E-state index is 13.7. The van der Waals surface area contributed by atoms with Gasteiger partial charge in [-0.2, -0.15) is 0 Å². The van der Waals surface area contributed by atoms with Crippen LogP contribution < -0.4 is 32.7 Å². The molecule has 0 saturated carbocycles. The minimum Gasteiger partial charge on any atom is -0.508 e. The maximum atomic E-state index is 13.7. The SMILES string of the molecule is CC(C)(N)C(C)(C)C(=O)N[C@@H](Cc1c[nH]c2ccc(O)cc12)C(=O)NCC(=O)N[C@@H](Cc1ccccn1)C(=O)N[C@H](Cc1c[nH]c2ccccc12)C(N)=O. The molecule has 0 radical (unpaired) electrons. The van der Waals surface area contributed by atoms with Gasteiger partial charge in [-0.05, 0) is 75.2 Å². The highest BCUT2D eigenvalue weighted by atomic mass is 16.3. The standard InChI is InChI=1S/C39H47N9O6/c1-38(2,39(3,4)41)37(54)48-31(16-23-20-44-29-13-12-25(49)18-27(23)29)35(52)45-21-33(50)46-32(17-24-9-7-8-14-42-24)36(53)47-30(34(40)51)15-22-19-43-28-11-6-5-10-26(22)28/h5-14,18-20,30-32,43-44,49H,15-17,21,41H2,1-4H3,(H2,40,51)(H,45,52)(H,46,50)(H,47,53)(H,48,54)/t30-,31+,32+/m1/s1. The highest BCUT2D eigenvalue weighted by Gasteiger charge is 2.42. The molecule has 3 atom stereocenters. The molecular weight excluding hydrogens is 690 g/mol. The van der Waals surface area contributed by atoms with Crippen molar-refractivity contribution in [1.82, 2.24) is 36.2 Å². The topological polar surface area (TPSA) is 250 Å². The molecule has 5 amide bonds. The molecule has 0 bridgehead atoms. The van der Waals surface area contributed by atoms with E-state index < -0.39 is 65.2 Å². The quantitative estimate of drug-likeness (QED) is 0.0718. The van der Waals surface area contributed by atoms with Gasteiger partial charge in [-0.3, -0.25) is 29.0 Å². The second kappa shape index (κ2) is 16.2. The highest BCUT2D eigenvalue weighted by Crippen LogP contribution is 2.29. The van der Waals surface area contributed by atoms with Crippen LogP contribution in [0.1, 0.15) is 44.5 Å². The van der Waals surface area contributed by atoms with Crippen molar-refractivity contribution in [3.8, 4) is 5.75 Å². The first-order valence-electron chi connectivity index (χ1n) is 17.5. The van der Waals surface area contributed by atoms with E-state index >= 15 is 0 Å². The van der Waals surface area contributed by atoms with E-state index in [0.29, 0.717) is 22.2 Å². The van der Waals surface area contributed by atoms with Crippen molar-refractivity contribution in [3.63, 3.8) is 0 Å². The second-order valence-corrected chi connectivity index (χ2v) is 14.5. The molecule has 3 heterocycles. The van der Waals surface area contributed by atoms with Crippen LogP contribution in [-0.2, 0) is 43.2 Å². The summed E-state index contributed by atoms with van der Waals surface area (Å²) in [6.07, 6.45) is 5.07. The number of hydrogen-bond acceptors (Lipinski definition) is 8. The number of nitrogens with one attached hydrogen (secondary N) is 6. The number of benzene rings is 2. The fourth-order valence-corrected chi connectivity index (χ4v) is 5.88. The van der Waals surface area contributed by atoms with Crippen molar-refractivity contribution in [3.05, 3.63) is 96.1 Å². The van der Waals surface area contributed by atoms with E-state index in [1.165, 1.54) is 6.07 Å². The zero-order chi connectivity index (χ0) is 39.2. The summed E-state index contributed by atoms with van der Waals surface area (Å²) < 4.78 is 0. The number of para-hydroxylation sites is 1. The molecule has 284 valence electrons. The van der Waals surface area contributed by atoms with Crippen LogP contribution in [0.15, 0.2) is 79.3 Å². The summed E-state index contributed by atoms with van der Waals surface area (Å²) in [5, 5.41) is 22.3. The van der Waals surface area contributed by atoms with E-state index in [1.807, 2.05) is 24.3 Å². The van der Waals surface area contributed by atoms with Gasteiger partial charge in [0.05, 0.1) is 12.0 Å². The molecule has 0 aliphatic carbocycles. The van der Waals surface area contributed by atoms with Crippen LogP contribution in [0.2, 0.25) is 0 Å². The number of nitrogens with two attached hydrogens (primary N) is 2. The Morgan fingerprint density at radius 1 is 0.759 bits per heavy atom. The number of carbonyl (C=O) groups is 5. The van der Waals surface area contributed by atoms with E-state index in [1.54, 1.807) is 76.6 Å². The second-order valence-electron chi connectivity index (χ2n) is 14.5. The fraction of sp³-hybridized carbons (Fsp3) is 0.333. The van der Waals surface area contributed by atoms with E-state index in [-0.39, 0.29) is 25.0 Å². The van der Waals surface area contributed by atoms with Gasteiger partial charge in [-0.1, -0.05) is 24.3 Å². The Bertz CT molecular complexity index is 2150. The number of aromatic amines is 2. The summed E-state index contributed by atoms with van der Waals surface area (Å²) in [6, 6.07) is 14.0. The van der Waals surface area contributed by atoms with E-state index in [0.717, 1.165) is 16.5 Å². The number of nitrogens with zero attached hydrogens (tertiary/aromatic N) is 1. The van der Waals surface area contributed by atoms with Crippen molar-refractivity contribution in [2.75, 3.05) is 6.54 Å². The van der Waals surface area contributed by atoms with Gasteiger partial charge in [0.2, 0.25) is 29.5 Å². The molecular formula is C39H47N9O6. The number of rotatable bonds is 16. The van der Waals surface area contributed by atoms with Crippen molar-refractivity contribution in [2.45, 2.75) is 70.6 Å². The summed E-state index contributed by atoms with van der Waals surface area (Å²) >= 11 is 0. The number of phenolic OH excluding ortho intramolecular Hbond substituents is 1. The van der Waals surface area contributed by atoms with Crippen molar-refractivity contribution in [2.24, 2.45) is 16.9 Å². The summed E-state index contributed by atoms with van der Waals surface area (Å²) in [6.45, 7) is 6.21. The number of phenols is 1. The summed E-state index contributed by atoms with van der Waals surface area (Å²) in [4.78, 5) is 77.4. The summed E-state index contributed by atoms with van der Waals surface area (Å²) in [7, 11) is 0. The lowest BCUT2D eigenvalue weighted by Crippen LogP contribution is -2.60. The van der Waals surface area contributed by atoms with Gasteiger partial charge >= 0.3 is 0 Å². The number of aromatic hydroxyl groups is 1. The first kappa shape index (κ1) is 39.0. The number of pyridine rings is 1. The molecule has 0 saturated heterocycles. The van der Waals surface area contributed by atoms with Crippen molar-refractivity contribution < 1.29 is 29.1 Å². The third-order valence-corrected chi connectivity index (χ3v) is 9.95. The third-order valence-electron chi connectivity index (χ3n) is 9.95. The van der Waals surface area contributed by atoms with Crippen LogP contribution in [0, 0.1) is 5.41 Å². The van der Waals surface area contributed by atoms with Gasteiger partial charge in [0, 0.05) is 70.9 Å². The Morgan fingerprint density at radius 3 is 2.06 bits per heavy atom. The monoisotopic (exact) mass is 737 g/mol. The summed E-state index contributed by atoms with van der Waals surface area (Å²) in [5.41, 5.74) is 13.5. The third kappa shape index (κ3) is 9.22.